The molecule has 2 N–H and O–H groups in total. The Labute approximate surface area is 194 Å². The molecule has 3 aromatic rings. The molecule has 0 saturated heterocycles. The number of benzene rings is 3. The number of carboxylic acids is 1. The van der Waals surface area contributed by atoms with Crippen LogP contribution >= 0.6 is 0 Å². The predicted molar refractivity (Wildman–Crippen MR) is 127 cm³/mol. The minimum absolute atomic E-state index is 0.224. The van der Waals surface area contributed by atoms with E-state index in [0.717, 1.165) is 39.8 Å². The molecular formula is C26H27NO5S. The first kappa shape index (κ1) is 23.0. The molecule has 0 spiro atoms. The largest absolute Gasteiger partial charge is 0.482 e. The van der Waals surface area contributed by atoms with Gasteiger partial charge >= 0.3 is 5.97 Å². The van der Waals surface area contributed by atoms with Crippen LogP contribution in [0.1, 0.15) is 41.1 Å². The summed E-state index contributed by atoms with van der Waals surface area (Å²) in [5.41, 5.74) is 5.79. The number of fused-ring (bicyclic) bond motifs is 1. The highest BCUT2D eigenvalue weighted by molar-refractivity contribution is 7.89. The number of hydrogen-bond donors (Lipinski definition) is 2. The van der Waals surface area contributed by atoms with Gasteiger partial charge in [-0.25, -0.2) is 17.9 Å². The molecule has 3 aromatic carbocycles. The number of rotatable bonds is 7. The predicted octanol–water partition coefficient (Wildman–Crippen LogP) is 4.79. The summed E-state index contributed by atoms with van der Waals surface area (Å²) in [6.45, 7) is 3.51. The zero-order chi connectivity index (χ0) is 23.6. The molecule has 1 aliphatic carbocycles. The highest BCUT2D eigenvalue weighted by Crippen LogP contribution is 2.36. The number of sulfonamides is 1. The summed E-state index contributed by atoms with van der Waals surface area (Å²) in [7, 11) is -3.76. The van der Waals surface area contributed by atoms with Crippen molar-refractivity contribution in [2.45, 2.75) is 44.0 Å². The third kappa shape index (κ3) is 5.10. The van der Waals surface area contributed by atoms with Gasteiger partial charge in [0.15, 0.2) is 6.61 Å². The van der Waals surface area contributed by atoms with Crippen molar-refractivity contribution >= 4 is 16.0 Å². The Balaban J connectivity index is 1.60. The van der Waals surface area contributed by atoms with E-state index >= 15 is 0 Å². The van der Waals surface area contributed by atoms with Crippen LogP contribution in [0.3, 0.4) is 0 Å². The molecule has 0 saturated carbocycles. The number of nitrogens with one attached hydrogen (secondary N) is 1. The Morgan fingerprint density at radius 1 is 1.09 bits per heavy atom. The van der Waals surface area contributed by atoms with E-state index in [-0.39, 0.29) is 4.90 Å². The van der Waals surface area contributed by atoms with Gasteiger partial charge in [0.2, 0.25) is 10.0 Å². The van der Waals surface area contributed by atoms with Gasteiger partial charge in [0.25, 0.3) is 0 Å². The van der Waals surface area contributed by atoms with E-state index in [1.54, 1.807) is 24.3 Å². The van der Waals surface area contributed by atoms with Crippen LogP contribution in [0.2, 0.25) is 0 Å². The van der Waals surface area contributed by atoms with Crippen LogP contribution in [0.4, 0.5) is 0 Å². The van der Waals surface area contributed by atoms with Crippen LogP contribution in [-0.2, 0) is 21.2 Å². The lowest BCUT2D eigenvalue weighted by atomic mass is 9.87. The van der Waals surface area contributed by atoms with Crippen LogP contribution in [0.5, 0.6) is 5.75 Å². The normalized spacial score (nSPS) is 15.6. The van der Waals surface area contributed by atoms with E-state index in [1.165, 1.54) is 0 Å². The van der Waals surface area contributed by atoms with Crippen molar-refractivity contribution in [3.05, 3.63) is 82.9 Å². The first-order valence-corrected chi connectivity index (χ1v) is 12.4. The zero-order valence-corrected chi connectivity index (χ0v) is 19.5. The standard InChI is InChI=1S/C26H27NO5S/c1-17-6-3-7-19(14-17)21-13-12-20(15-18(21)2)33(30,31)27-24-10-4-9-23-22(24)8-5-11-25(23)32-16-26(28)29/h3,5-8,11-15,24,27H,4,9-10,16H2,1-2H3,(H,28,29)/t24-/m1/s1. The van der Waals surface area contributed by atoms with E-state index in [9.17, 15) is 13.2 Å². The highest BCUT2D eigenvalue weighted by Gasteiger charge is 2.28. The number of ether oxygens (including phenoxy) is 1. The van der Waals surface area contributed by atoms with Crippen LogP contribution < -0.4 is 9.46 Å². The maximum absolute atomic E-state index is 13.2. The Kier molecular flexibility index (Phi) is 6.54. The van der Waals surface area contributed by atoms with Gasteiger partial charge in [-0.3, -0.25) is 0 Å². The summed E-state index contributed by atoms with van der Waals surface area (Å²) < 4.78 is 34.8. The second kappa shape index (κ2) is 9.37. The lowest BCUT2D eigenvalue weighted by Gasteiger charge is -2.27. The fourth-order valence-electron chi connectivity index (χ4n) is 4.41. The van der Waals surface area contributed by atoms with Gasteiger partial charge in [-0.15, -0.1) is 0 Å². The van der Waals surface area contributed by atoms with Crippen molar-refractivity contribution in [3.8, 4) is 16.9 Å². The van der Waals surface area contributed by atoms with Crippen molar-refractivity contribution in [1.82, 2.24) is 4.72 Å². The van der Waals surface area contributed by atoms with E-state index in [1.807, 2.05) is 44.2 Å². The molecule has 0 bridgehead atoms. The summed E-state index contributed by atoms with van der Waals surface area (Å²) in [5.74, 6) is -0.553. The molecule has 1 atom stereocenters. The maximum Gasteiger partial charge on any atom is 0.341 e. The molecule has 0 heterocycles. The molecule has 0 unspecified atom stereocenters. The summed E-state index contributed by atoms with van der Waals surface area (Å²) in [6, 6.07) is 18.3. The number of carbonyl (C=O) groups is 1. The summed E-state index contributed by atoms with van der Waals surface area (Å²) in [5, 5.41) is 8.92. The second-order valence-electron chi connectivity index (χ2n) is 8.42. The fourth-order valence-corrected chi connectivity index (χ4v) is 5.74. The lowest BCUT2D eigenvalue weighted by Crippen LogP contribution is -2.31. The molecule has 0 aliphatic heterocycles. The summed E-state index contributed by atoms with van der Waals surface area (Å²) in [4.78, 5) is 11.1. The van der Waals surface area contributed by atoms with Crippen LogP contribution in [0.15, 0.2) is 65.6 Å². The number of hydrogen-bond acceptors (Lipinski definition) is 4. The van der Waals surface area contributed by atoms with Crippen molar-refractivity contribution < 1.29 is 23.1 Å². The number of aliphatic carboxylic acids is 1. The molecule has 4 rings (SSSR count). The molecule has 0 fully saturated rings. The summed E-state index contributed by atoms with van der Waals surface area (Å²) in [6.07, 6.45) is 2.15. The first-order chi connectivity index (χ1) is 15.7. The molecule has 0 aromatic heterocycles. The Morgan fingerprint density at radius 3 is 2.61 bits per heavy atom. The van der Waals surface area contributed by atoms with Crippen molar-refractivity contribution in [3.63, 3.8) is 0 Å². The molecule has 0 amide bonds. The number of aryl methyl sites for hydroxylation is 2. The van der Waals surface area contributed by atoms with E-state index in [4.69, 9.17) is 9.84 Å². The molecular weight excluding hydrogens is 438 g/mol. The van der Waals surface area contributed by atoms with Crippen molar-refractivity contribution in [2.24, 2.45) is 0 Å². The van der Waals surface area contributed by atoms with E-state index in [0.29, 0.717) is 18.6 Å². The van der Waals surface area contributed by atoms with Crippen molar-refractivity contribution in [2.75, 3.05) is 6.61 Å². The molecule has 7 heteroatoms. The molecule has 172 valence electrons. The minimum atomic E-state index is -3.76. The lowest BCUT2D eigenvalue weighted by molar-refractivity contribution is -0.139. The molecule has 6 nitrogen and oxygen atoms in total. The van der Waals surface area contributed by atoms with Gasteiger partial charge < -0.3 is 9.84 Å². The highest BCUT2D eigenvalue weighted by atomic mass is 32.2. The van der Waals surface area contributed by atoms with Gasteiger partial charge in [0, 0.05) is 6.04 Å². The van der Waals surface area contributed by atoms with Crippen molar-refractivity contribution in [1.29, 1.82) is 0 Å². The smallest absolute Gasteiger partial charge is 0.341 e. The third-order valence-corrected chi connectivity index (χ3v) is 7.42. The van der Waals surface area contributed by atoms with Gasteiger partial charge in [-0.05, 0) is 79.1 Å². The van der Waals surface area contributed by atoms with Gasteiger partial charge in [0.05, 0.1) is 4.90 Å². The van der Waals surface area contributed by atoms with Crippen LogP contribution in [-0.4, -0.2) is 26.1 Å². The first-order valence-electron chi connectivity index (χ1n) is 10.9. The Hall–Kier alpha value is -3.16. The Morgan fingerprint density at radius 2 is 1.88 bits per heavy atom. The number of carboxylic acid groups (broad SMARTS) is 1. The average molecular weight is 466 g/mol. The van der Waals surface area contributed by atoms with Gasteiger partial charge in [0.1, 0.15) is 5.75 Å². The minimum Gasteiger partial charge on any atom is -0.482 e. The SMILES string of the molecule is Cc1cccc(-c2ccc(S(=O)(=O)N[C@@H]3CCCc4c(OCC(=O)O)cccc43)cc2C)c1. The molecule has 1 aliphatic rings. The fraction of sp³-hybridized carbons (Fsp3) is 0.269. The summed E-state index contributed by atoms with van der Waals surface area (Å²) >= 11 is 0. The molecule has 0 radical (unpaired) electrons. The van der Waals surface area contributed by atoms with Gasteiger partial charge in [-0.2, -0.15) is 0 Å². The average Bonchev–Trinajstić information content (AvgIpc) is 2.77. The van der Waals surface area contributed by atoms with Crippen LogP contribution in [0.25, 0.3) is 11.1 Å². The van der Waals surface area contributed by atoms with E-state index in [2.05, 4.69) is 10.8 Å². The maximum atomic E-state index is 13.2. The topological polar surface area (TPSA) is 92.7 Å². The zero-order valence-electron chi connectivity index (χ0n) is 18.7. The van der Waals surface area contributed by atoms with Crippen LogP contribution in [0, 0.1) is 13.8 Å². The third-order valence-electron chi connectivity index (χ3n) is 5.95. The monoisotopic (exact) mass is 465 g/mol. The quantitative estimate of drug-likeness (QED) is 0.523. The molecule has 33 heavy (non-hydrogen) atoms. The van der Waals surface area contributed by atoms with Gasteiger partial charge in [-0.1, -0.05) is 48.0 Å². The van der Waals surface area contributed by atoms with E-state index < -0.39 is 28.6 Å². The second-order valence-corrected chi connectivity index (χ2v) is 10.1. The Bertz CT molecular complexity index is 1300.